The standard InChI is InChI=1S/C19H28BrNO3/c1-13(2)19(12-18(4,5)23)10-11-21(17(22)24-19)14(3)15-6-8-16(20)9-7-15/h6-9,13-14,23H,10-12H2,1-5H3/t14-,19?/m0/s1. The zero-order chi connectivity index (χ0) is 18.1. The third kappa shape index (κ3) is 4.31. The van der Waals surface area contributed by atoms with E-state index in [2.05, 4.69) is 15.9 Å². The van der Waals surface area contributed by atoms with E-state index in [1.165, 1.54) is 0 Å². The number of hydrogen-bond donors (Lipinski definition) is 1. The summed E-state index contributed by atoms with van der Waals surface area (Å²) in [7, 11) is 0. The number of amides is 1. The van der Waals surface area contributed by atoms with Crippen LogP contribution in [0.4, 0.5) is 4.79 Å². The molecule has 0 bridgehead atoms. The van der Waals surface area contributed by atoms with Crippen LogP contribution in [-0.2, 0) is 4.74 Å². The Morgan fingerprint density at radius 2 is 1.88 bits per heavy atom. The molecule has 1 aromatic rings. The minimum absolute atomic E-state index is 0.0436. The van der Waals surface area contributed by atoms with Crippen LogP contribution >= 0.6 is 15.9 Å². The van der Waals surface area contributed by atoms with Crippen molar-refractivity contribution in [2.24, 2.45) is 5.92 Å². The number of benzene rings is 1. The van der Waals surface area contributed by atoms with E-state index in [0.717, 1.165) is 16.5 Å². The number of rotatable bonds is 5. The van der Waals surface area contributed by atoms with Crippen molar-refractivity contribution in [3.8, 4) is 0 Å². The molecule has 4 nitrogen and oxygen atoms in total. The van der Waals surface area contributed by atoms with Crippen molar-refractivity contribution in [2.45, 2.75) is 64.7 Å². The van der Waals surface area contributed by atoms with Gasteiger partial charge in [-0.1, -0.05) is 41.9 Å². The predicted molar refractivity (Wildman–Crippen MR) is 98.8 cm³/mol. The van der Waals surface area contributed by atoms with Crippen LogP contribution in [0.2, 0.25) is 0 Å². The second-order valence-corrected chi connectivity index (χ2v) is 8.66. The molecule has 24 heavy (non-hydrogen) atoms. The van der Waals surface area contributed by atoms with E-state index in [0.29, 0.717) is 13.0 Å². The van der Waals surface area contributed by atoms with E-state index in [9.17, 15) is 9.90 Å². The van der Waals surface area contributed by atoms with Gasteiger partial charge in [-0.2, -0.15) is 0 Å². The molecule has 1 aliphatic heterocycles. The summed E-state index contributed by atoms with van der Waals surface area (Å²) < 4.78 is 6.93. The van der Waals surface area contributed by atoms with E-state index in [1.54, 1.807) is 18.7 Å². The molecule has 2 rings (SSSR count). The normalized spacial score (nSPS) is 23.3. The zero-order valence-electron chi connectivity index (χ0n) is 15.2. The lowest BCUT2D eigenvalue weighted by Gasteiger charge is -2.47. The van der Waals surface area contributed by atoms with Gasteiger partial charge in [0.1, 0.15) is 5.60 Å². The van der Waals surface area contributed by atoms with Crippen LogP contribution < -0.4 is 0 Å². The zero-order valence-corrected chi connectivity index (χ0v) is 16.8. The highest BCUT2D eigenvalue weighted by Gasteiger charge is 2.47. The van der Waals surface area contributed by atoms with Crippen LogP contribution in [0.5, 0.6) is 0 Å². The third-order valence-electron chi connectivity index (χ3n) is 4.90. The summed E-state index contributed by atoms with van der Waals surface area (Å²) in [5, 5.41) is 10.2. The first-order valence-electron chi connectivity index (χ1n) is 8.51. The molecule has 5 heteroatoms. The topological polar surface area (TPSA) is 49.8 Å². The van der Waals surface area contributed by atoms with E-state index < -0.39 is 11.2 Å². The molecule has 134 valence electrons. The minimum Gasteiger partial charge on any atom is -0.442 e. The Labute approximate surface area is 153 Å². The maximum atomic E-state index is 12.7. The number of cyclic esters (lactones) is 1. The third-order valence-corrected chi connectivity index (χ3v) is 5.43. The molecule has 2 atom stereocenters. The summed E-state index contributed by atoms with van der Waals surface area (Å²) >= 11 is 3.43. The summed E-state index contributed by atoms with van der Waals surface area (Å²) in [6, 6.07) is 7.95. The lowest BCUT2D eigenvalue weighted by Crippen LogP contribution is -2.55. The summed E-state index contributed by atoms with van der Waals surface area (Å²) in [6.07, 6.45) is 0.875. The molecular formula is C19H28BrNO3. The van der Waals surface area contributed by atoms with Gasteiger partial charge in [-0.25, -0.2) is 4.79 Å². The summed E-state index contributed by atoms with van der Waals surface area (Å²) in [4.78, 5) is 14.5. The Bertz CT molecular complexity index is 579. The molecule has 0 saturated carbocycles. The molecule has 0 aromatic heterocycles. The first kappa shape index (κ1) is 19.3. The Morgan fingerprint density at radius 3 is 2.33 bits per heavy atom. The average Bonchev–Trinajstić information content (AvgIpc) is 2.45. The van der Waals surface area contributed by atoms with Gasteiger partial charge in [-0.05, 0) is 44.4 Å². The quantitative estimate of drug-likeness (QED) is 0.767. The van der Waals surface area contributed by atoms with Gasteiger partial charge in [0.25, 0.3) is 0 Å². The van der Waals surface area contributed by atoms with Crippen molar-refractivity contribution >= 4 is 22.0 Å². The van der Waals surface area contributed by atoms with Crippen molar-refractivity contribution in [3.05, 3.63) is 34.3 Å². The number of aliphatic hydroxyl groups is 1. The molecule has 1 fully saturated rings. The number of ether oxygens (including phenoxy) is 1. The van der Waals surface area contributed by atoms with Crippen molar-refractivity contribution in [1.29, 1.82) is 0 Å². The van der Waals surface area contributed by atoms with Crippen molar-refractivity contribution in [2.75, 3.05) is 6.54 Å². The average molecular weight is 398 g/mol. The molecular weight excluding hydrogens is 370 g/mol. The van der Waals surface area contributed by atoms with Gasteiger partial charge in [-0.15, -0.1) is 0 Å². The van der Waals surface area contributed by atoms with Gasteiger partial charge in [-0.3, -0.25) is 0 Å². The van der Waals surface area contributed by atoms with Crippen LogP contribution in [0.15, 0.2) is 28.7 Å². The maximum Gasteiger partial charge on any atom is 0.410 e. The van der Waals surface area contributed by atoms with Crippen molar-refractivity contribution in [3.63, 3.8) is 0 Å². The minimum atomic E-state index is -0.871. The van der Waals surface area contributed by atoms with Crippen LogP contribution in [0.25, 0.3) is 0 Å². The first-order chi connectivity index (χ1) is 11.0. The largest absolute Gasteiger partial charge is 0.442 e. The van der Waals surface area contributed by atoms with Gasteiger partial charge in [0, 0.05) is 23.9 Å². The van der Waals surface area contributed by atoms with Gasteiger partial charge in [0.2, 0.25) is 0 Å². The van der Waals surface area contributed by atoms with Crippen LogP contribution in [0, 0.1) is 5.92 Å². The van der Waals surface area contributed by atoms with Gasteiger partial charge in [0.15, 0.2) is 0 Å². The number of halogens is 1. The molecule has 1 unspecified atom stereocenters. The second kappa shape index (κ2) is 7.04. The van der Waals surface area contributed by atoms with Crippen LogP contribution in [-0.4, -0.2) is 33.8 Å². The molecule has 0 aliphatic carbocycles. The molecule has 1 aliphatic rings. The number of carbonyl (C=O) groups is 1. The van der Waals surface area contributed by atoms with E-state index in [1.807, 2.05) is 45.0 Å². The van der Waals surface area contributed by atoms with Crippen molar-refractivity contribution < 1.29 is 14.6 Å². The van der Waals surface area contributed by atoms with Gasteiger partial charge < -0.3 is 14.7 Å². The molecule has 0 radical (unpaired) electrons. The van der Waals surface area contributed by atoms with Crippen LogP contribution in [0.3, 0.4) is 0 Å². The number of carbonyl (C=O) groups excluding carboxylic acids is 1. The lowest BCUT2D eigenvalue weighted by molar-refractivity contribution is -0.119. The molecule has 1 heterocycles. The van der Waals surface area contributed by atoms with Crippen molar-refractivity contribution in [1.82, 2.24) is 4.90 Å². The van der Waals surface area contributed by atoms with Crippen LogP contribution in [0.1, 0.15) is 59.1 Å². The number of hydrogen-bond acceptors (Lipinski definition) is 3. The predicted octanol–water partition coefficient (Wildman–Crippen LogP) is 4.91. The molecule has 1 saturated heterocycles. The fraction of sp³-hybridized carbons (Fsp3) is 0.632. The fourth-order valence-electron chi connectivity index (χ4n) is 3.42. The highest BCUT2D eigenvalue weighted by Crippen LogP contribution is 2.39. The number of nitrogens with zero attached hydrogens (tertiary/aromatic N) is 1. The Kier molecular flexibility index (Phi) is 5.65. The first-order valence-corrected chi connectivity index (χ1v) is 9.31. The summed E-state index contributed by atoms with van der Waals surface area (Å²) in [5.41, 5.74) is -0.398. The molecule has 1 aromatic carbocycles. The van der Waals surface area contributed by atoms with E-state index in [4.69, 9.17) is 4.74 Å². The Balaban J connectivity index is 2.16. The SMILES string of the molecule is CC(C)C1(CC(C)(C)O)CCN([C@@H](C)c2ccc(Br)cc2)C(=O)O1. The smallest absolute Gasteiger partial charge is 0.410 e. The Morgan fingerprint density at radius 1 is 1.29 bits per heavy atom. The highest BCUT2D eigenvalue weighted by atomic mass is 79.9. The summed E-state index contributed by atoms with van der Waals surface area (Å²) in [6.45, 7) is 10.3. The summed E-state index contributed by atoms with van der Waals surface area (Å²) in [5.74, 6) is 0.151. The molecule has 1 N–H and O–H groups in total. The highest BCUT2D eigenvalue weighted by molar-refractivity contribution is 9.10. The second-order valence-electron chi connectivity index (χ2n) is 7.75. The lowest BCUT2D eigenvalue weighted by atomic mass is 9.77. The van der Waals surface area contributed by atoms with Gasteiger partial charge in [0.05, 0.1) is 11.6 Å². The fourth-order valence-corrected chi connectivity index (χ4v) is 3.69. The molecule has 1 amide bonds. The monoisotopic (exact) mass is 397 g/mol. The molecule has 0 spiro atoms. The van der Waals surface area contributed by atoms with Gasteiger partial charge >= 0.3 is 6.09 Å². The maximum absolute atomic E-state index is 12.7. The Hall–Kier alpha value is -1.07. The van der Waals surface area contributed by atoms with E-state index >= 15 is 0 Å². The van der Waals surface area contributed by atoms with E-state index in [-0.39, 0.29) is 18.1 Å².